The highest BCUT2D eigenvalue weighted by molar-refractivity contribution is 8.00. The number of nitrogens with zero attached hydrogens (tertiary/aromatic N) is 2. The molecule has 106 valence electrons. The maximum Gasteiger partial charge on any atom is 0.128 e. The number of hydrogen-bond acceptors (Lipinski definition) is 4. The predicted octanol–water partition coefficient (Wildman–Crippen LogP) is 2.91. The van der Waals surface area contributed by atoms with Crippen LogP contribution < -0.4 is 10.2 Å². The number of anilines is 1. The van der Waals surface area contributed by atoms with Crippen molar-refractivity contribution in [1.29, 1.82) is 0 Å². The molecular formula is C15H25N3S. The van der Waals surface area contributed by atoms with Gasteiger partial charge in [0.2, 0.25) is 0 Å². The van der Waals surface area contributed by atoms with E-state index in [1.807, 2.05) is 6.20 Å². The Hall–Kier alpha value is -0.740. The van der Waals surface area contributed by atoms with Gasteiger partial charge in [0.05, 0.1) is 0 Å². The van der Waals surface area contributed by atoms with Gasteiger partial charge in [-0.05, 0) is 11.6 Å². The summed E-state index contributed by atoms with van der Waals surface area (Å²) in [4.78, 5) is 7.03. The molecule has 2 rings (SSSR count). The molecule has 19 heavy (non-hydrogen) atoms. The fourth-order valence-electron chi connectivity index (χ4n) is 2.40. The number of hydrogen-bond donors (Lipinski definition) is 1. The molecule has 0 bridgehead atoms. The average molecular weight is 279 g/mol. The van der Waals surface area contributed by atoms with Crippen molar-refractivity contribution in [2.24, 2.45) is 0 Å². The molecule has 2 unspecified atom stereocenters. The summed E-state index contributed by atoms with van der Waals surface area (Å²) in [5.74, 6) is 1.12. The van der Waals surface area contributed by atoms with Crippen LogP contribution in [0.25, 0.3) is 0 Å². The largest absolute Gasteiger partial charge is 0.354 e. The van der Waals surface area contributed by atoms with Crippen molar-refractivity contribution in [1.82, 2.24) is 10.3 Å². The molecule has 1 fully saturated rings. The Bertz CT molecular complexity index is 381. The van der Waals surface area contributed by atoms with E-state index in [1.165, 1.54) is 5.56 Å². The van der Waals surface area contributed by atoms with Crippen molar-refractivity contribution in [3.8, 4) is 0 Å². The van der Waals surface area contributed by atoms with E-state index in [0.29, 0.717) is 16.5 Å². The second kappa shape index (κ2) is 6.62. The van der Waals surface area contributed by atoms with Gasteiger partial charge in [-0.1, -0.05) is 33.8 Å². The van der Waals surface area contributed by atoms with Gasteiger partial charge in [0.25, 0.3) is 0 Å². The molecule has 2 heterocycles. The van der Waals surface area contributed by atoms with Crippen molar-refractivity contribution >= 4 is 17.6 Å². The molecule has 0 aliphatic carbocycles. The van der Waals surface area contributed by atoms with Crippen LogP contribution in [0.4, 0.5) is 5.82 Å². The molecule has 0 radical (unpaired) electrons. The Kier molecular flexibility index (Phi) is 5.11. The van der Waals surface area contributed by atoms with E-state index in [4.69, 9.17) is 0 Å². The summed E-state index contributed by atoms with van der Waals surface area (Å²) >= 11 is 2.07. The van der Waals surface area contributed by atoms with Gasteiger partial charge in [-0.25, -0.2) is 4.98 Å². The van der Waals surface area contributed by atoms with Crippen molar-refractivity contribution in [3.05, 3.63) is 23.9 Å². The summed E-state index contributed by atoms with van der Waals surface area (Å²) < 4.78 is 0. The number of pyridine rings is 1. The molecule has 0 amide bonds. The van der Waals surface area contributed by atoms with Gasteiger partial charge in [0.15, 0.2) is 0 Å². The molecule has 1 aliphatic rings. The third-order valence-corrected chi connectivity index (χ3v) is 4.49. The maximum absolute atomic E-state index is 4.63. The Balaban J connectivity index is 1.97. The summed E-state index contributed by atoms with van der Waals surface area (Å²) in [7, 11) is 0. The third-order valence-electron chi connectivity index (χ3n) is 3.27. The summed E-state index contributed by atoms with van der Waals surface area (Å²) in [5.41, 5.74) is 1.25. The topological polar surface area (TPSA) is 28.2 Å². The zero-order chi connectivity index (χ0) is 13.8. The van der Waals surface area contributed by atoms with E-state index < -0.39 is 0 Å². The first-order chi connectivity index (χ1) is 9.04. The fourth-order valence-corrected chi connectivity index (χ4v) is 3.72. The van der Waals surface area contributed by atoms with Gasteiger partial charge in [-0.3, -0.25) is 0 Å². The Morgan fingerprint density at radius 1 is 1.32 bits per heavy atom. The van der Waals surface area contributed by atoms with E-state index in [-0.39, 0.29) is 0 Å². The summed E-state index contributed by atoms with van der Waals surface area (Å²) in [6.07, 6.45) is 2.00. The van der Waals surface area contributed by atoms with Crippen LogP contribution in [0.1, 0.15) is 33.3 Å². The van der Waals surface area contributed by atoms with Crippen LogP contribution in [0.2, 0.25) is 0 Å². The van der Waals surface area contributed by atoms with Gasteiger partial charge in [-0.15, -0.1) is 0 Å². The molecule has 0 saturated carbocycles. The van der Waals surface area contributed by atoms with Crippen LogP contribution in [-0.4, -0.2) is 34.6 Å². The maximum atomic E-state index is 4.63. The monoisotopic (exact) mass is 279 g/mol. The highest BCUT2D eigenvalue weighted by Crippen LogP contribution is 2.27. The van der Waals surface area contributed by atoms with Gasteiger partial charge in [-0.2, -0.15) is 11.8 Å². The summed E-state index contributed by atoms with van der Waals surface area (Å²) in [6.45, 7) is 12.0. The Morgan fingerprint density at radius 3 is 2.53 bits per heavy atom. The van der Waals surface area contributed by atoms with Crippen LogP contribution in [0.5, 0.6) is 0 Å². The number of thioether (sulfide) groups is 1. The zero-order valence-electron chi connectivity index (χ0n) is 12.4. The highest BCUT2D eigenvalue weighted by atomic mass is 32.2. The lowest BCUT2D eigenvalue weighted by atomic mass is 10.2. The predicted molar refractivity (Wildman–Crippen MR) is 84.9 cm³/mol. The smallest absolute Gasteiger partial charge is 0.128 e. The first-order valence-corrected chi connectivity index (χ1v) is 8.07. The minimum absolute atomic E-state index is 0.514. The molecule has 4 heteroatoms. The second-order valence-corrected chi connectivity index (χ2v) is 7.60. The lowest BCUT2D eigenvalue weighted by Crippen LogP contribution is -2.40. The average Bonchev–Trinajstić information content (AvgIpc) is 2.36. The minimum Gasteiger partial charge on any atom is -0.354 e. The highest BCUT2D eigenvalue weighted by Gasteiger charge is 2.22. The van der Waals surface area contributed by atoms with Crippen LogP contribution in [-0.2, 0) is 6.54 Å². The normalized spacial score (nSPS) is 23.9. The third kappa shape index (κ3) is 4.39. The number of aromatic nitrogens is 1. The van der Waals surface area contributed by atoms with E-state index in [1.54, 1.807) is 0 Å². The standard InChI is InChI=1S/C15H25N3S/c1-11(2)16-7-14-5-6-15(17-8-14)18-9-12(3)19-13(4)10-18/h5-6,8,11-13,16H,7,9-10H2,1-4H3. The Morgan fingerprint density at radius 2 is 2.00 bits per heavy atom. The Labute approximate surface area is 121 Å². The van der Waals surface area contributed by atoms with Crippen molar-refractivity contribution < 1.29 is 0 Å². The molecule has 1 saturated heterocycles. The first-order valence-electron chi connectivity index (χ1n) is 7.13. The van der Waals surface area contributed by atoms with Gasteiger partial charge >= 0.3 is 0 Å². The molecule has 0 spiro atoms. The molecule has 1 aromatic heterocycles. The van der Waals surface area contributed by atoms with Gasteiger partial charge in [0.1, 0.15) is 5.82 Å². The van der Waals surface area contributed by atoms with E-state index in [9.17, 15) is 0 Å². The zero-order valence-corrected chi connectivity index (χ0v) is 13.2. The summed E-state index contributed by atoms with van der Waals surface area (Å²) in [6, 6.07) is 4.86. The van der Waals surface area contributed by atoms with Crippen LogP contribution >= 0.6 is 11.8 Å². The molecular weight excluding hydrogens is 254 g/mol. The van der Waals surface area contributed by atoms with E-state index in [0.717, 1.165) is 25.5 Å². The van der Waals surface area contributed by atoms with Crippen LogP contribution in [0.15, 0.2) is 18.3 Å². The van der Waals surface area contributed by atoms with E-state index in [2.05, 4.69) is 66.8 Å². The first kappa shape index (κ1) is 14.7. The summed E-state index contributed by atoms with van der Waals surface area (Å²) in [5, 5.41) is 4.79. The van der Waals surface area contributed by atoms with Crippen molar-refractivity contribution in [2.45, 2.75) is 50.8 Å². The minimum atomic E-state index is 0.514. The number of rotatable bonds is 4. The van der Waals surface area contributed by atoms with Gasteiger partial charge in [0, 0.05) is 42.4 Å². The molecule has 0 aromatic carbocycles. The fraction of sp³-hybridized carbons (Fsp3) is 0.667. The van der Waals surface area contributed by atoms with E-state index >= 15 is 0 Å². The SMILES string of the molecule is CC(C)NCc1ccc(N2CC(C)SC(C)C2)nc1. The molecule has 2 atom stereocenters. The quantitative estimate of drug-likeness (QED) is 0.917. The molecule has 1 N–H and O–H groups in total. The van der Waals surface area contributed by atoms with Gasteiger partial charge < -0.3 is 10.2 Å². The van der Waals surface area contributed by atoms with Crippen LogP contribution in [0.3, 0.4) is 0 Å². The van der Waals surface area contributed by atoms with Crippen molar-refractivity contribution in [3.63, 3.8) is 0 Å². The lowest BCUT2D eigenvalue weighted by molar-refractivity contribution is 0.588. The van der Waals surface area contributed by atoms with Crippen LogP contribution in [0, 0.1) is 0 Å². The molecule has 1 aromatic rings. The van der Waals surface area contributed by atoms with Crippen molar-refractivity contribution in [2.75, 3.05) is 18.0 Å². The number of nitrogens with one attached hydrogen (secondary N) is 1. The molecule has 3 nitrogen and oxygen atoms in total. The second-order valence-electron chi connectivity index (χ2n) is 5.72. The molecule has 1 aliphatic heterocycles. The lowest BCUT2D eigenvalue weighted by Gasteiger charge is -2.35.